The molecular weight excluding hydrogens is 200 g/mol. The molecule has 0 heterocycles. The van der Waals surface area contributed by atoms with Crippen molar-refractivity contribution in [2.75, 3.05) is 0 Å². The van der Waals surface area contributed by atoms with Crippen molar-refractivity contribution in [1.29, 1.82) is 0 Å². The number of halogens is 1. The summed E-state index contributed by atoms with van der Waals surface area (Å²) in [7, 11) is 0.947. The first-order chi connectivity index (χ1) is 2.00. The minimum absolute atomic E-state index is 0. The minimum Gasteiger partial charge on any atom is -0.247 e. The van der Waals surface area contributed by atoms with Gasteiger partial charge < -0.3 is 0 Å². The van der Waals surface area contributed by atoms with Crippen LogP contribution < -0.4 is 0 Å². The summed E-state index contributed by atoms with van der Waals surface area (Å²) in [4.78, 5) is 0. The molecule has 0 saturated heterocycles. The van der Waals surface area contributed by atoms with E-state index in [0.29, 0.717) is 0 Å². The van der Waals surface area contributed by atoms with Crippen LogP contribution in [0.3, 0.4) is 0 Å². The maximum Gasteiger partial charge on any atom is 0.102 e. The molecule has 1 radical (unpaired) electrons. The van der Waals surface area contributed by atoms with E-state index in [1.807, 2.05) is 0 Å². The molecule has 0 rings (SSSR count). The van der Waals surface area contributed by atoms with Gasteiger partial charge in [-0.25, -0.2) is 14.7 Å². The van der Waals surface area contributed by atoms with E-state index in [1.165, 1.54) is 0 Å². The second-order valence-electron chi connectivity index (χ2n) is 0.539. The predicted octanol–water partition coefficient (Wildman–Crippen LogP) is 0.344. The number of hydrogen-bond acceptors (Lipinski definition) is 2. The Morgan fingerprint density at radius 2 is 1.50 bits per heavy atom. The van der Waals surface area contributed by atoms with E-state index < -0.39 is 9.05 Å². The average Bonchev–Trinajstić information content (AvgIpc) is 0.722. The van der Waals surface area contributed by atoms with Crippen LogP contribution in [0.1, 0.15) is 0 Å². The van der Waals surface area contributed by atoms with Crippen LogP contribution in [0.4, 0.5) is 0 Å². The van der Waals surface area contributed by atoms with Crippen molar-refractivity contribution in [2.24, 2.45) is 0 Å². The predicted molar refractivity (Wildman–Crippen MR) is 20.1 cm³/mol. The van der Waals surface area contributed by atoms with E-state index in [1.54, 1.807) is 0 Å². The van der Waals surface area contributed by atoms with Gasteiger partial charge in [-0.05, 0) is 10.7 Å². The van der Waals surface area contributed by atoms with E-state index in [-0.39, 0.29) is 32.7 Å². The minimum atomic E-state index is -3.44. The largest absolute Gasteiger partial charge is 0.247 e. The summed E-state index contributed by atoms with van der Waals surface area (Å²) in [5, 5.41) is 0. The zero-order valence-electron chi connectivity index (χ0n) is 2.89. The van der Waals surface area contributed by atoms with Crippen LogP contribution in [-0.4, -0.2) is 8.42 Å². The van der Waals surface area contributed by atoms with Gasteiger partial charge in [-0.2, -0.15) is 0 Å². The van der Waals surface area contributed by atoms with Gasteiger partial charge in [0.25, 0.3) is 0 Å². The third kappa shape index (κ3) is 55.8. The molecule has 0 spiro atoms. The van der Waals surface area contributed by atoms with E-state index in [0.717, 1.165) is 0 Å². The molecule has 0 aromatic heterocycles. The van der Waals surface area contributed by atoms with E-state index in [4.69, 9.17) is 0 Å². The maximum absolute atomic E-state index is 9.29. The fourth-order valence-electron chi connectivity index (χ4n) is 0. The zero-order valence-corrected chi connectivity index (χ0v) is 7.30. The summed E-state index contributed by atoms with van der Waals surface area (Å²) in [5.74, 6) is 0. The van der Waals surface area contributed by atoms with E-state index >= 15 is 0 Å². The SMILES string of the molecule is [CH2-]S(=O)(=O)Cl.[Y]. The van der Waals surface area contributed by atoms with Crippen LogP contribution in [0.25, 0.3) is 0 Å². The van der Waals surface area contributed by atoms with Crippen LogP contribution in [-0.2, 0) is 41.8 Å². The van der Waals surface area contributed by atoms with Gasteiger partial charge in [-0.1, -0.05) is 0 Å². The first-order valence-electron chi connectivity index (χ1n) is 0.776. The summed E-state index contributed by atoms with van der Waals surface area (Å²) >= 11 is 0. The molecule has 6 heavy (non-hydrogen) atoms. The van der Waals surface area contributed by atoms with Crippen molar-refractivity contribution in [3.8, 4) is 0 Å². The topological polar surface area (TPSA) is 34.1 Å². The van der Waals surface area contributed by atoms with Crippen molar-refractivity contribution in [3.05, 3.63) is 6.26 Å². The fourth-order valence-corrected chi connectivity index (χ4v) is 0. The summed E-state index contributed by atoms with van der Waals surface area (Å²) in [6, 6.07) is 0. The maximum atomic E-state index is 9.29. The molecule has 0 aromatic carbocycles. The number of hydrogen-bond donors (Lipinski definition) is 0. The summed E-state index contributed by atoms with van der Waals surface area (Å²) in [5.41, 5.74) is 0. The summed E-state index contributed by atoms with van der Waals surface area (Å²) < 4.78 is 18.6. The van der Waals surface area contributed by atoms with E-state index in [2.05, 4.69) is 16.9 Å². The Morgan fingerprint density at radius 3 is 1.50 bits per heavy atom. The average molecular weight is 202 g/mol. The monoisotopic (exact) mass is 202 g/mol. The standard InChI is InChI=1S/CH2ClO2S.Y/c1-5(2,3)4;/h1H2;/q-1;. The van der Waals surface area contributed by atoms with Gasteiger partial charge in [0.2, 0.25) is 0 Å². The van der Waals surface area contributed by atoms with Gasteiger partial charge in [-0.3, -0.25) is 0 Å². The molecule has 0 atom stereocenters. The first-order valence-corrected chi connectivity index (χ1v) is 3.25. The van der Waals surface area contributed by atoms with Gasteiger partial charge in [0.15, 0.2) is 0 Å². The molecular formula is CH2ClO2SY-. The molecule has 0 aliphatic carbocycles. The molecule has 0 aliphatic rings. The van der Waals surface area contributed by atoms with Crippen LogP contribution in [0.15, 0.2) is 0 Å². The molecule has 35 valence electrons. The molecule has 2 nitrogen and oxygen atoms in total. The van der Waals surface area contributed by atoms with E-state index in [9.17, 15) is 8.42 Å². The molecule has 0 N–H and O–H groups in total. The fraction of sp³-hybridized carbons (Fsp3) is 0. The molecule has 0 saturated carbocycles. The summed E-state index contributed by atoms with van der Waals surface area (Å²) in [6.45, 7) is 0. The molecule has 0 fully saturated rings. The smallest absolute Gasteiger partial charge is 0.102 e. The van der Waals surface area contributed by atoms with Gasteiger partial charge in [0.1, 0.15) is 9.05 Å². The molecule has 0 bridgehead atoms. The van der Waals surface area contributed by atoms with Gasteiger partial charge in [-0.15, -0.1) is 0 Å². The van der Waals surface area contributed by atoms with Crippen LogP contribution in [0, 0.1) is 6.26 Å². The third-order valence-corrected chi connectivity index (χ3v) is 0. The summed E-state index contributed by atoms with van der Waals surface area (Å²) in [6.07, 6.45) is 2.51. The molecule has 5 heteroatoms. The van der Waals surface area contributed by atoms with Gasteiger partial charge >= 0.3 is 0 Å². The van der Waals surface area contributed by atoms with Crippen molar-refractivity contribution < 1.29 is 41.1 Å². The molecule has 0 amide bonds. The van der Waals surface area contributed by atoms with Crippen LogP contribution >= 0.6 is 10.7 Å². The number of rotatable bonds is 0. The van der Waals surface area contributed by atoms with Crippen molar-refractivity contribution >= 4 is 19.7 Å². The second-order valence-corrected chi connectivity index (χ2v) is 3.03. The van der Waals surface area contributed by atoms with Gasteiger partial charge in [0.05, 0.1) is 0 Å². The third-order valence-electron chi connectivity index (χ3n) is 0. The quantitative estimate of drug-likeness (QED) is 0.419. The Hall–Kier alpha value is 1.34. The molecule has 0 aliphatic heterocycles. The Balaban J connectivity index is 0. The Morgan fingerprint density at radius 1 is 1.50 bits per heavy atom. The Kier molecular flexibility index (Phi) is 5.79. The molecule has 0 unspecified atom stereocenters. The van der Waals surface area contributed by atoms with Crippen molar-refractivity contribution in [2.45, 2.75) is 0 Å². The second kappa shape index (κ2) is 3.36. The molecule has 0 aromatic rings. The van der Waals surface area contributed by atoms with Gasteiger partial charge in [0, 0.05) is 32.7 Å². The van der Waals surface area contributed by atoms with Crippen LogP contribution in [0.5, 0.6) is 0 Å². The normalized spacial score (nSPS) is 9.67. The van der Waals surface area contributed by atoms with Crippen molar-refractivity contribution in [3.63, 3.8) is 0 Å². The first kappa shape index (κ1) is 10.3. The Bertz CT molecular complexity index is 96.7. The van der Waals surface area contributed by atoms with Crippen LogP contribution in [0.2, 0.25) is 0 Å². The van der Waals surface area contributed by atoms with Crippen molar-refractivity contribution in [1.82, 2.24) is 0 Å². The zero-order chi connectivity index (χ0) is 4.50. The Labute approximate surface area is 66.6 Å².